The van der Waals surface area contributed by atoms with Gasteiger partial charge in [0.05, 0.1) is 33.3 Å². The largest absolute Gasteiger partial charge is 0.378 e. The maximum absolute atomic E-state index is 13.3. The second-order valence-corrected chi connectivity index (χ2v) is 9.42. The Balaban J connectivity index is 1.70. The standard InChI is InChI=1S/C24H20Cl4N2O3/c25-18-3-1-14(9-20(18)27)7-16-11-30(24(32)22-13-33-6-5-29-22)12-17(23(16)31)8-15-2-4-19(26)21(28)10-15/h1-4,7-10,22,29H,5-6,11-13H2/b16-7+,17-8+. The highest BCUT2D eigenvalue weighted by Gasteiger charge is 2.33. The monoisotopic (exact) mass is 524 g/mol. The smallest absolute Gasteiger partial charge is 0.242 e. The maximum Gasteiger partial charge on any atom is 0.242 e. The van der Waals surface area contributed by atoms with Gasteiger partial charge in [0, 0.05) is 30.8 Å². The molecule has 2 saturated heterocycles. The van der Waals surface area contributed by atoms with Crippen molar-refractivity contribution >= 4 is 70.2 Å². The molecule has 1 atom stereocenters. The molecule has 172 valence electrons. The summed E-state index contributed by atoms with van der Waals surface area (Å²) in [5, 5.41) is 4.80. The molecule has 2 aromatic rings. The van der Waals surface area contributed by atoms with Gasteiger partial charge in [0.1, 0.15) is 6.04 Å². The first-order chi connectivity index (χ1) is 15.8. The third kappa shape index (κ3) is 5.80. The molecule has 33 heavy (non-hydrogen) atoms. The first kappa shape index (κ1) is 24.3. The lowest BCUT2D eigenvalue weighted by molar-refractivity contribution is -0.136. The Labute approximate surface area is 211 Å². The molecule has 5 nitrogen and oxygen atoms in total. The van der Waals surface area contributed by atoms with E-state index in [1.807, 2.05) is 0 Å². The Morgan fingerprint density at radius 3 is 1.91 bits per heavy atom. The van der Waals surface area contributed by atoms with Gasteiger partial charge in [-0.3, -0.25) is 9.59 Å². The molecule has 9 heteroatoms. The number of piperidine rings is 1. The van der Waals surface area contributed by atoms with Crippen LogP contribution in [0.25, 0.3) is 12.2 Å². The van der Waals surface area contributed by atoms with E-state index in [4.69, 9.17) is 51.1 Å². The number of morpholine rings is 1. The van der Waals surface area contributed by atoms with Crippen molar-refractivity contribution in [2.24, 2.45) is 0 Å². The minimum Gasteiger partial charge on any atom is -0.378 e. The van der Waals surface area contributed by atoms with Crippen molar-refractivity contribution in [2.75, 3.05) is 32.8 Å². The Hall–Kier alpha value is -1.86. The molecule has 1 unspecified atom stereocenters. The quantitative estimate of drug-likeness (QED) is 0.562. The molecule has 4 rings (SSSR count). The highest BCUT2D eigenvalue weighted by atomic mass is 35.5. The number of ether oxygens (including phenoxy) is 1. The molecule has 1 amide bonds. The number of hydrogen-bond donors (Lipinski definition) is 1. The van der Waals surface area contributed by atoms with Gasteiger partial charge in [0.15, 0.2) is 5.78 Å². The molecule has 2 aliphatic heterocycles. The molecule has 0 aliphatic carbocycles. The Bertz CT molecular complexity index is 1080. The van der Waals surface area contributed by atoms with Gasteiger partial charge in [-0.25, -0.2) is 0 Å². The first-order valence-electron chi connectivity index (χ1n) is 10.3. The number of nitrogens with zero attached hydrogens (tertiary/aromatic N) is 1. The molecule has 1 N–H and O–H groups in total. The van der Waals surface area contributed by atoms with Crippen molar-refractivity contribution < 1.29 is 14.3 Å². The van der Waals surface area contributed by atoms with E-state index in [1.54, 1.807) is 53.5 Å². The lowest BCUT2D eigenvalue weighted by Crippen LogP contribution is -2.54. The van der Waals surface area contributed by atoms with Crippen LogP contribution in [0.1, 0.15) is 11.1 Å². The number of ketones is 1. The molecular formula is C24H20Cl4N2O3. The fourth-order valence-electron chi connectivity index (χ4n) is 3.75. The average Bonchev–Trinajstić information content (AvgIpc) is 2.81. The number of likely N-dealkylation sites (tertiary alicyclic amines) is 1. The maximum atomic E-state index is 13.3. The molecule has 2 heterocycles. The van der Waals surface area contributed by atoms with Crippen molar-refractivity contribution in [2.45, 2.75) is 6.04 Å². The van der Waals surface area contributed by atoms with Crippen LogP contribution in [0.3, 0.4) is 0 Å². The van der Waals surface area contributed by atoms with Crippen LogP contribution in [0.2, 0.25) is 20.1 Å². The fraction of sp³-hybridized carbons (Fsp3) is 0.250. The van der Waals surface area contributed by atoms with Crippen molar-refractivity contribution in [3.8, 4) is 0 Å². The van der Waals surface area contributed by atoms with E-state index in [-0.39, 0.29) is 24.8 Å². The van der Waals surface area contributed by atoms with E-state index >= 15 is 0 Å². The van der Waals surface area contributed by atoms with Crippen LogP contribution in [0.15, 0.2) is 47.5 Å². The molecular weight excluding hydrogens is 506 g/mol. The van der Waals surface area contributed by atoms with Crippen molar-refractivity contribution in [3.63, 3.8) is 0 Å². The van der Waals surface area contributed by atoms with Crippen LogP contribution in [0.4, 0.5) is 0 Å². The number of Topliss-reactive ketones (excluding diaryl/α,β-unsaturated/α-hetero) is 1. The van der Waals surface area contributed by atoms with Gasteiger partial charge in [-0.15, -0.1) is 0 Å². The van der Waals surface area contributed by atoms with E-state index < -0.39 is 6.04 Å². The molecule has 2 aromatic carbocycles. The van der Waals surface area contributed by atoms with E-state index in [0.29, 0.717) is 51.0 Å². The number of nitrogens with one attached hydrogen (secondary N) is 1. The van der Waals surface area contributed by atoms with Crippen molar-refractivity contribution in [1.29, 1.82) is 0 Å². The average molecular weight is 526 g/mol. The lowest BCUT2D eigenvalue weighted by Gasteiger charge is -2.34. The van der Waals surface area contributed by atoms with Crippen LogP contribution in [-0.2, 0) is 14.3 Å². The summed E-state index contributed by atoms with van der Waals surface area (Å²) in [4.78, 5) is 28.2. The van der Waals surface area contributed by atoms with Crippen molar-refractivity contribution in [3.05, 3.63) is 78.8 Å². The zero-order chi connectivity index (χ0) is 23.5. The van der Waals surface area contributed by atoms with Crippen LogP contribution in [-0.4, -0.2) is 55.5 Å². The van der Waals surface area contributed by atoms with Crippen LogP contribution in [0.5, 0.6) is 0 Å². The first-order valence-corrected chi connectivity index (χ1v) is 11.8. The van der Waals surface area contributed by atoms with Gasteiger partial charge in [0.25, 0.3) is 0 Å². The summed E-state index contributed by atoms with van der Waals surface area (Å²) >= 11 is 24.3. The topological polar surface area (TPSA) is 58.6 Å². The Kier molecular flexibility index (Phi) is 7.80. The fourth-order valence-corrected chi connectivity index (χ4v) is 4.36. The third-order valence-electron chi connectivity index (χ3n) is 5.41. The third-order valence-corrected chi connectivity index (χ3v) is 6.88. The van der Waals surface area contributed by atoms with Gasteiger partial charge in [0.2, 0.25) is 5.91 Å². The number of hydrogen-bond acceptors (Lipinski definition) is 4. The summed E-state index contributed by atoms with van der Waals surface area (Å²) in [6.45, 7) is 1.80. The van der Waals surface area contributed by atoms with Crippen molar-refractivity contribution in [1.82, 2.24) is 10.2 Å². The highest BCUT2D eigenvalue weighted by Crippen LogP contribution is 2.28. The molecule has 2 fully saturated rings. The van der Waals surface area contributed by atoms with E-state index in [9.17, 15) is 9.59 Å². The Morgan fingerprint density at radius 1 is 0.909 bits per heavy atom. The normalized spacial score (nSPS) is 21.6. The number of rotatable bonds is 3. The summed E-state index contributed by atoms with van der Waals surface area (Å²) in [6.07, 6.45) is 3.47. The predicted molar refractivity (Wildman–Crippen MR) is 133 cm³/mol. The zero-order valence-electron chi connectivity index (χ0n) is 17.4. The minimum atomic E-state index is -0.454. The Morgan fingerprint density at radius 2 is 1.45 bits per heavy atom. The summed E-state index contributed by atoms with van der Waals surface area (Å²) < 4.78 is 5.45. The molecule has 0 saturated carbocycles. The number of amides is 1. The minimum absolute atomic E-state index is 0.123. The lowest BCUT2D eigenvalue weighted by atomic mass is 9.93. The number of carbonyl (C=O) groups excluding carboxylic acids is 2. The summed E-state index contributed by atoms with van der Waals surface area (Å²) in [5.74, 6) is -0.272. The summed E-state index contributed by atoms with van der Waals surface area (Å²) in [7, 11) is 0. The number of benzene rings is 2. The molecule has 0 aromatic heterocycles. The SMILES string of the molecule is O=C1/C(=C/c2ccc(Cl)c(Cl)c2)CN(C(=O)C2COCCN2)C/C1=C\c1ccc(Cl)c(Cl)c1. The second kappa shape index (κ2) is 10.6. The molecule has 0 bridgehead atoms. The van der Waals surface area contributed by atoms with Crippen LogP contribution in [0, 0.1) is 0 Å². The van der Waals surface area contributed by atoms with Gasteiger partial charge in [-0.05, 0) is 47.5 Å². The predicted octanol–water partition coefficient (Wildman–Crippen LogP) is 5.17. The van der Waals surface area contributed by atoms with E-state index in [0.717, 1.165) is 11.1 Å². The zero-order valence-corrected chi connectivity index (χ0v) is 20.4. The molecule has 0 radical (unpaired) electrons. The second-order valence-electron chi connectivity index (χ2n) is 7.79. The van der Waals surface area contributed by atoms with Gasteiger partial charge in [-0.1, -0.05) is 58.5 Å². The number of carbonyl (C=O) groups is 2. The molecule has 0 spiro atoms. The summed E-state index contributed by atoms with van der Waals surface area (Å²) in [6, 6.07) is 9.80. The van der Waals surface area contributed by atoms with Gasteiger partial charge < -0.3 is 15.0 Å². The van der Waals surface area contributed by atoms with Crippen LogP contribution >= 0.6 is 46.4 Å². The van der Waals surface area contributed by atoms with Gasteiger partial charge >= 0.3 is 0 Å². The summed E-state index contributed by atoms with van der Waals surface area (Å²) in [5.41, 5.74) is 2.37. The number of halogens is 4. The van der Waals surface area contributed by atoms with E-state index in [2.05, 4.69) is 5.32 Å². The van der Waals surface area contributed by atoms with Gasteiger partial charge in [-0.2, -0.15) is 0 Å². The molecule has 2 aliphatic rings. The van der Waals surface area contributed by atoms with E-state index in [1.165, 1.54) is 0 Å². The van der Waals surface area contributed by atoms with Crippen LogP contribution < -0.4 is 5.32 Å². The highest BCUT2D eigenvalue weighted by molar-refractivity contribution is 6.42.